The van der Waals surface area contributed by atoms with E-state index in [1.165, 1.54) is 52.1 Å². The van der Waals surface area contributed by atoms with Crippen LogP contribution in [-0.2, 0) is 4.74 Å². The zero-order valence-electron chi connectivity index (χ0n) is 15.0. The van der Waals surface area contributed by atoms with E-state index in [9.17, 15) is 0 Å². The largest absolute Gasteiger partial charge is 0.377 e. The van der Waals surface area contributed by atoms with Crippen LogP contribution in [0.5, 0.6) is 0 Å². The molecule has 2 aliphatic rings. The first-order chi connectivity index (χ1) is 10.1. The van der Waals surface area contributed by atoms with Gasteiger partial charge in [-0.2, -0.15) is 0 Å². The lowest BCUT2D eigenvalue weighted by Gasteiger charge is -2.42. The Morgan fingerprint density at radius 1 is 0.952 bits per heavy atom. The summed E-state index contributed by atoms with van der Waals surface area (Å²) in [5.74, 6) is 0. The number of hydrogen-bond acceptors (Lipinski definition) is 4. The van der Waals surface area contributed by atoms with Crippen molar-refractivity contribution in [3.8, 4) is 0 Å². The Morgan fingerprint density at radius 3 is 2.05 bits per heavy atom. The molecule has 0 aliphatic carbocycles. The zero-order chi connectivity index (χ0) is 15.7. The molecule has 0 bridgehead atoms. The molecule has 0 aromatic rings. The predicted molar refractivity (Wildman–Crippen MR) is 91.0 cm³/mol. The normalized spacial score (nSPS) is 23.1. The van der Waals surface area contributed by atoms with Crippen LogP contribution < -0.4 is 0 Å². The zero-order valence-corrected chi connectivity index (χ0v) is 15.0. The summed E-state index contributed by atoms with van der Waals surface area (Å²) in [6, 6.07) is 0.838. The Bertz CT molecular complexity index is 244. The topological polar surface area (TPSA) is 19.0 Å². The molecule has 2 aliphatic heterocycles. The number of likely N-dealkylation sites (tertiary alicyclic amines) is 1. The summed E-state index contributed by atoms with van der Waals surface area (Å²) in [6.07, 6.45) is 3.07. The quantitative estimate of drug-likeness (QED) is 0.774. The van der Waals surface area contributed by atoms with Crippen LogP contribution in [0.2, 0.25) is 0 Å². The highest BCUT2D eigenvalue weighted by Gasteiger charge is 2.26. The molecule has 0 N–H and O–H groups in total. The Morgan fingerprint density at radius 2 is 1.52 bits per heavy atom. The fourth-order valence-electron chi connectivity index (χ4n) is 3.13. The second kappa shape index (κ2) is 10.5. The van der Waals surface area contributed by atoms with Crippen LogP contribution in [0.15, 0.2) is 0 Å². The van der Waals surface area contributed by atoms with E-state index in [0.29, 0.717) is 6.10 Å². The maximum Gasteiger partial charge on any atom is 0.0596 e. The monoisotopic (exact) mass is 299 g/mol. The Hall–Kier alpha value is -0.160. The van der Waals surface area contributed by atoms with Gasteiger partial charge in [-0.3, -0.25) is 9.80 Å². The van der Waals surface area contributed by atoms with Crippen LogP contribution in [0.25, 0.3) is 0 Å². The Labute approximate surface area is 132 Å². The Kier molecular flexibility index (Phi) is 9.49. The number of hydrogen-bond donors (Lipinski definition) is 0. The number of piperazine rings is 1. The summed E-state index contributed by atoms with van der Waals surface area (Å²) >= 11 is 0. The number of rotatable bonds is 5. The summed E-state index contributed by atoms with van der Waals surface area (Å²) < 4.78 is 5.64. The molecule has 21 heavy (non-hydrogen) atoms. The third-order valence-corrected chi connectivity index (χ3v) is 4.47. The van der Waals surface area contributed by atoms with E-state index < -0.39 is 0 Å². The van der Waals surface area contributed by atoms with E-state index in [4.69, 9.17) is 4.74 Å². The first-order valence-corrected chi connectivity index (χ1v) is 8.91. The van der Waals surface area contributed by atoms with E-state index >= 15 is 0 Å². The van der Waals surface area contributed by atoms with E-state index in [-0.39, 0.29) is 0 Å². The van der Waals surface area contributed by atoms with Gasteiger partial charge in [0.15, 0.2) is 0 Å². The fourth-order valence-corrected chi connectivity index (χ4v) is 3.13. The van der Waals surface area contributed by atoms with E-state index in [0.717, 1.165) is 19.2 Å². The molecule has 2 rings (SSSR count). The van der Waals surface area contributed by atoms with Crippen LogP contribution in [0.1, 0.15) is 40.5 Å². The lowest BCUT2D eigenvalue weighted by atomic mass is 10.0. The van der Waals surface area contributed by atoms with Gasteiger partial charge >= 0.3 is 0 Å². The van der Waals surface area contributed by atoms with Gasteiger partial charge in [0.05, 0.1) is 12.7 Å². The molecule has 0 saturated carbocycles. The fraction of sp³-hybridized carbons (Fsp3) is 1.00. The van der Waals surface area contributed by atoms with Crippen LogP contribution in [0, 0.1) is 0 Å². The molecular formula is C17H37N3O. The van der Waals surface area contributed by atoms with Crippen molar-refractivity contribution in [2.24, 2.45) is 0 Å². The van der Waals surface area contributed by atoms with Gasteiger partial charge in [0.2, 0.25) is 0 Å². The standard InChI is InChI=1S/C15H31N3O.C2H6/c1-14(2)19-13-12-17-8-10-18(11-9-17)15-4-6-16(3)7-5-15;1-2/h14-15H,4-13H2,1-3H3;1-2H3. The van der Waals surface area contributed by atoms with Gasteiger partial charge in [-0.15, -0.1) is 0 Å². The second-order valence-corrected chi connectivity index (χ2v) is 6.33. The molecule has 126 valence electrons. The van der Waals surface area contributed by atoms with Crippen molar-refractivity contribution in [1.82, 2.24) is 14.7 Å². The second-order valence-electron chi connectivity index (χ2n) is 6.33. The molecule has 2 heterocycles. The molecule has 2 saturated heterocycles. The molecular weight excluding hydrogens is 262 g/mol. The average Bonchev–Trinajstić information content (AvgIpc) is 2.50. The van der Waals surface area contributed by atoms with Crippen molar-refractivity contribution in [3.63, 3.8) is 0 Å². The van der Waals surface area contributed by atoms with Crippen molar-refractivity contribution in [1.29, 1.82) is 0 Å². The van der Waals surface area contributed by atoms with Gasteiger partial charge in [0.25, 0.3) is 0 Å². The highest BCUT2D eigenvalue weighted by atomic mass is 16.5. The highest BCUT2D eigenvalue weighted by molar-refractivity contribution is 4.82. The maximum absolute atomic E-state index is 5.64. The number of piperidine rings is 1. The molecule has 0 aromatic carbocycles. The molecule has 0 amide bonds. The van der Waals surface area contributed by atoms with Crippen molar-refractivity contribution >= 4 is 0 Å². The maximum atomic E-state index is 5.64. The van der Waals surface area contributed by atoms with Crippen LogP contribution >= 0.6 is 0 Å². The van der Waals surface area contributed by atoms with E-state index in [2.05, 4.69) is 35.6 Å². The molecule has 0 unspecified atom stereocenters. The van der Waals surface area contributed by atoms with Crippen molar-refractivity contribution < 1.29 is 4.74 Å². The van der Waals surface area contributed by atoms with Crippen molar-refractivity contribution in [2.45, 2.75) is 52.7 Å². The summed E-state index contributed by atoms with van der Waals surface area (Å²) in [5, 5.41) is 0. The minimum absolute atomic E-state index is 0.362. The molecule has 0 aromatic heterocycles. The third kappa shape index (κ3) is 7.09. The minimum atomic E-state index is 0.362. The third-order valence-electron chi connectivity index (χ3n) is 4.47. The SMILES string of the molecule is CC.CC(C)OCCN1CCN(C2CCN(C)CC2)CC1. The summed E-state index contributed by atoms with van der Waals surface area (Å²) in [7, 11) is 2.24. The summed E-state index contributed by atoms with van der Waals surface area (Å²) in [5.41, 5.74) is 0. The van der Waals surface area contributed by atoms with Crippen molar-refractivity contribution in [3.05, 3.63) is 0 Å². The van der Waals surface area contributed by atoms with Gasteiger partial charge < -0.3 is 9.64 Å². The molecule has 0 spiro atoms. The van der Waals surface area contributed by atoms with Crippen molar-refractivity contribution in [2.75, 3.05) is 59.5 Å². The van der Waals surface area contributed by atoms with Crippen LogP contribution in [0.3, 0.4) is 0 Å². The lowest BCUT2D eigenvalue weighted by Crippen LogP contribution is -2.53. The summed E-state index contributed by atoms with van der Waals surface area (Å²) in [6.45, 7) is 17.7. The van der Waals surface area contributed by atoms with Crippen LogP contribution in [-0.4, -0.2) is 86.3 Å². The van der Waals surface area contributed by atoms with Crippen LogP contribution in [0.4, 0.5) is 0 Å². The first-order valence-electron chi connectivity index (χ1n) is 8.91. The van der Waals surface area contributed by atoms with Gasteiger partial charge in [0.1, 0.15) is 0 Å². The van der Waals surface area contributed by atoms with Gasteiger partial charge in [-0.1, -0.05) is 13.8 Å². The lowest BCUT2D eigenvalue weighted by molar-refractivity contribution is 0.0294. The highest BCUT2D eigenvalue weighted by Crippen LogP contribution is 2.17. The number of ether oxygens (including phenoxy) is 1. The van der Waals surface area contributed by atoms with Gasteiger partial charge in [-0.25, -0.2) is 0 Å². The molecule has 0 atom stereocenters. The minimum Gasteiger partial charge on any atom is -0.377 e. The Balaban J connectivity index is 0.00000106. The predicted octanol–water partition coefficient (Wildman–Crippen LogP) is 2.15. The molecule has 0 radical (unpaired) electrons. The average molecular weight is 300 g/mol. The summed E-state index contributed by atoms with van der Waals surface area (Å²) in [4.78, 5) is 7.72. The first kappa shape index (κ1) is 18.9. The van der Waals surface area contributed by atoms with Gasteiger partial charge in [0, 0.05) is 38.8 Å². The molecule has 2 fully saturated rings. The van der Waals surface area contributed by atoms with E-state index in [1.807, 2.05) is 13.8 Å². The van der Waals surface area contributed by atoms with E-state index in [1.54, 1.807) is 0 Å². The number of nitrogens with zero attached hydrogens (tertiary/aromatic N) is 3. The molecule has 4 heteroatoms. The smallest absolute Gasteiger partial charge is 0.0596 e. The van der Waals surface area contributed by atoms with Gasteiger partial charge in [-0.05, 0) is 46.8 Å². The molecule has 4 nitrogen and oxygen atoms in total.